The van der Waals surface area contributed by atoms with E-state index in [1.165, 1.54) is 50.1 Å². The van der Waals surface area contributed by atoms with Gasteiger partial charge in [0.15, 0.2) is 17.5 Å². The lowest BCUT2D eigenvalue weighted by Gasteiger charge is -2.18. The van der Waals surface area contributed by atoms with Crippen molar-refractivity contribution in [1.82, 2.24) is 15.0 Å². The summed E-state index contributed by atoms with van der Waals surface area (Å²) in [6, 6.07) is 62.5. The molecule has 0 bridgehead atoms. The van der Waals surface area contributed by atoms with Gasteiger partial charge in [-0.1, -0.05) is 182 Å². The molecule has 2 aliphatic rings. The molecule has 0 fully saturated rings. The Morgan fingerprint density at radius 2 is 0.846 bits per heavy atom. The summed E-state index contributed by atoms with van der Waals surface area (Å²) in [5, 5.41) is 0. The minimum Gasteiger partial charge on any atom is -0.208 e. The van der Waals surface area contributed by atoms with Gasteiger partial charge in [0.1, 0.15) is 0 Å². The van der Waals surface area contributed by atoms with Crippen molar-refractivity contribution >= 4 is 6.08 Å². The Morgan fingerprint density at radius 3 is 1.46 bits per heavy atom. The van der Waals surface area contributed by atoms with Crippen molar-refractivity contribution in [2.75, 3.05) is 0 Å². The Hall–Kier alpha value is -6.71. The summed E-state index contributed by atoms with van der Waals surface area (Å²) in [7, 11) is 0. The van der Waals surface area contributed by atoms with Crippen LogP contribution in [-0.2, 0) is 0 Å². The number of allylic oxidation sites excluding steroid dienone is 1. The highest BCUT2D eigenvalue weighted by Gasteiger charge is 2.32. The molecule has 7 aromatic carbocycles. The Morgan fingerprint density at radius 1 is 0.346 bits per heavy atom. The molecular weight excluding hydrogens is 631 g/mol. The number of hydrogen-bond acceptors (Lipinski definition) is 3. The number of aromatic nitrogens is 3. The maximum Gasteiger partial charge on any atom is 0.164 e. The molecule has 0 N–H and O–H groups in total. The monoisotopic (exact) mass is 663 g/mol. The van der Waals surface area contributed by atoms with Gasteiger partial charge in [0.2, 0.25) is 0 Å². The van der Waals surface area contributed by atoms with Gasteiger partial charge >= 0.3 is 0 Å². The number of fused-ring (bicyclic) bond motifs is 4. The minimum atomic E-state index is 0.186. The molecule has 0 radical (unpaired) electrons. The van der Waals surface area contributed by atoms with Gasteiger partial charge in [-0.15, -0.1) is 0 Å². The predicted octanol–water partition coefficient (Wildman–Crippen LogP) is 11.9. The summed E-state index contributed by atoms with van der Waals surface area (Å²) >= 11 is 0. The Kier molecular flexibility index (Phi) is 7.28. The van der Waals surface area contributed by atoms with Gasteiger partial charge in [0, 0.05) is 28.5 Å². The zero-order valence-corrected chi connectivity index (χ0v) is 28.4. The molecule has 52 heavy (non-hydrogen) atoms. The fourth-order valence-corrected chi connectivity index (χ4v) is 7.93. The second-order valence-electron chi connectivity index (χ2n) is 13.6. The summed E-state index contributed by atoms with van der Waals surface area (Å²) < 4.78 is 0. The highest BCUT2D eigenvalue weighted by molar-refractivity contribution is 5.85. The molecule has 2 atom stereocenters. The van der Waals surface area contributed by atoms with Gasteiger partial charge in [-0.25, -0.2) is 15.0 Å². The highest BCUT2D eigenvalue weighted by Crippen LogP contribution is 2.51. The van der Waals surface area contributed by atoms with Crippen molar-refractivity contribution in [3.8, 4) is 56.4 Å². The van der Waals surface area contributed by atoms with Gasteiger partial charge in [-0.3, -0.25) is 0 Å². The van der Waals surface area contributed by atoms with Crippen LogP contribution >= 0.6 is 0 Å². The maximum atomic E-state index is 4.91. The molecule has 1 heterocycles. The van der Waals surface area contributed by atoms with Crippen molar-refractivity contribution in [1.29, 1.82) is 0 Å². The van der Waals surface area contributed by atoms with Crippen molar-refractivity contribution in [2.45, 2.75) is 11.8 Å². The molecular formula is C49H33N3. The van der Waals surface area contributed by atoms with Crippen LogP contribution in [0.2, 0.25) is 0 Å². The average molecular weight is 664 g/mol. The molecule has 3 heteroatoms. The average Bonchev–Trinajstić information content (AvgIpc) is 3.79. The molecule has 0 saturated heterocycles. The Labute approximate surface area is 303 Å². The molecule has 0 spiro atoms. The van der Waals surface area contributed by atoms with E-state index >= 15 is 0 Å². The molecule has 3 nitrogen and oxygen atoms in total. The van der Waals surface area contributed by atoms with E-state index in [-0.39, 0.29) is 11.8 Å². The fraction of sp³-hybridized carbons (Fsp3) is 0.0408. The van der Waals surface area contributed by atoms with Crippen LogP contribution in [0.15, 0.2) is 182 Å². The number of benzene rings is 7. The number of rotatable bonds is 6. The van der Waals surface area contributed by atoms with Crippen LogP contribution in [0.25, 0.3) is 62.5 Å². The third kappa shape index (κ3) is 5.26. The predicted molar refractivity (Wildman–Crippen MR) is 212 cm³/mol. The van der Waals surface area contributed by atoms with Gasteiger partial charge in [0.05, 0.1) is 0 Å². The topological polar surface area (TPSA) is 38.7 Å². The quantitative estimate of drug-likeness (QED) is 0.178. The van der Waals surface area contributed by atoms with Gasteiger partial charge in [-0.2, -0.15) is 0 Å². The van der Waals surface area contributed by atoms with E-state index in [4.69, 9.17) is 15.0 Å². The number of hydrogen-bond donors (Lipinski definition) is 0. The van der Waals surface area contributed by atoms with Gasteiger partial charge in [-0.05, 0) is 61.7 Å². The van der Waals surface area contributed by atoms with Crippen molar-refractivity contribution in [3.63, 3.8) is 0 Å². The smallest absolute Gasteiger partial charge is 0.164 e. The first-order valence-corrected chi connectivity index (χ1v) is 17.8. The molecule has 10 rings (SSSR count). The first kappa shape index (κ1) is 30.1. The largest absolute Gasteiger partial charge is 0.208 e. The van der Waals surface area contributed by atoms with E-state index in [1.54, 1.807) is 0 Å². The summed E-state index contributed by atoms with van der Waals surface area (Å²) in [5.74, 6) is 2.45. The van der Waals surface area contributed by atoms with E-state index in [0.29, 0.717) is 17.5 Å². The zero-order valence-electron chi connectivity index (χ0n) is 28.4. The van der Waals surface area contributed by atoms with Gasteiger partial charge in [0.25, 0.3) is 0 Å². The summed E-state index contributed by atoms with van der Waals surface area (Å²) in [4.78, 5) is 14.7. The van der Waals surface area contributed by atoms with Crippen molar-refractivity contribution in [2.24, 2.45) is 0 Å². The maximum absolute atomic E-state index is 4.91. The fourth-order valence-electron chi connectivity index (χ4n) is 7.93. The second-order valence-corrected chi connectivity index (χ2v) is 13.6. The Balaban J connectivity index is 0.976. The SMILES string of the molecule is C1=CC(c2ccccc2)c2cc3c(cc21)-c1ccccc1C3c1ccc(-c2ccc(-c3nc(-c4ccccc4)nc(-c4ccccc4)n3)cc2)cc1. The van der Waals surface area contributed by atoms with Crippen molar-refractivity contribution < 1.29 is 0 Å². The molecule has 2 aliphatic carbocycles. The van der Waals surface area contributed by atoms with E-state index in [0.717, 1.165) is 22.3 Å². The summed E-state index contributed by atoms with van der Waals surface area (Å²) in [6.45, 7) is 0. The Bertz CT molecular complexity index is 2540. The highest BCUT2D eigenvalue weighted by atomic mass is 15.0. The van der Waals surface area contributed by atoms with Crippen LogP contribution in [0.4, 0.5) is 0 Å². The van der Waals surface area contributed by atoms with Crippen LogP contribution in [0.1, 0.15) is 45.2 Å². The molecule has 0 saturated carbocycles. The zero-order chi connectivity index (χ0) is 34.4. The molecule has 0 amide bonds. The van der Waals surface area contributed by atoms with Gasteiger partial charge < -0.3 is 0 Å². The third-order valence-corrected chi connectivity index (χ3v) is 10.5. The minimum absolute atomic E-state index is 0.186. The van der Waals surface area contributed by atoms with E-state index in [1.807, 2.05) is 60.7 Å². The third-order valence-electron chi connectivity index (χ3n) is 10.5. The van der Waals surface area contributed by atoms with Crippen LogP contribution < -0.4 is 0 Å². The standard InChI is InChI=1S/C49H33N3/c1-4-12-34(13-5-1)40-29-28-39-30-44-41-18-10-11-19-42(41)46(45(44)31-43(39)40)35-24-20-32(21-25-35)33-22-26-38(27-23-33)49-51-47(36-14-6-2-7-15-36)50-48(52-49)37-16-8-3-9-17-37/h1-31,40,46H. The molecule has 8 aromatic rings. The second kappa shape index (κ2) is 12.6. The first-order chi connectivity index (χ1) is 25.8. The van der Waals surface area contributed by atoms with E-state index < -0.39 is 0 Å². The van der Waals surface area contributed by atoms with E-state index in [2.05, 4.69) is 127 Å². The van der Waals surface area contributed by atoms with Crippen LogP contribution in [-0.4, -0.2) is 15.0 Å². The van der Waals surface area contributed by atoms with Crippen molar-refractivity contribution in [3.05, 3.63) is 215 Å². The molecule has 0 aliphatic heterocycles. The summed E-state index contributed by atoms with van der Waals surface area (Å²) in [6.07, 6.45) is 4.65. The lowest BCUT2D eigenvalue weighted by Crippen LogP contribution is -2.02. The summed E-state index contributed by atoms with van der Waals surface area (Å²) in [5.41, 5.74) is 16.0. The lowest BCUT2D eigenvalue weighted by atomic mass is 9.85. The number of nitrogens with zero attached hydrogens (tertiary/aromatic N) is 3. The molecule has 1 aromatic heterocycles. The first-order valence-electron chi connectivity index (χ1n) is 17.8. The van der Waals surface area contributed by atoms with Crippen LogP contribution in [0.5, 0.6) is 0 Å². The molecule has 244 valence electrons. The van der Waals surface area contributed by atoms with Crippen LogP contribution in [0, 0.1) is 0 Å². The lowest BCUT2D eigenvalue weighted by molar-refractivity contribution is 0.991. The van der Waals surface area contributed by atoms with Crippen LogP contribution in [0.3, 0.4) is 0 Å². The molecule has 2 unspecified atom stereocenters. The normalized spacial score (nSPS) is 15.2. The van der Waals surface area contributed by atoms with E-state index in [9.17, 15) is 0 Å².